The van der Waals surface area contributed by atoms with Gasteiger partial charge in [-0.25, -0.2) is 19.2 Å². The van der Waals surface area contributed by atoms with Crippen molar-refractivity contribution in [1.82, 2.24) is 9.29 Å². The van der Waals surface area contributed by atoms with E-state index in [-0.39, 0.29) is 10.9 Å². The summed E-state index contributed by atoms with van der Waals surface area (Å²) < 4.78 is 26.9. The first kappa shape index (κ1) is 14.2. The minimum atomic E-state index is -3.47. The Morgan fingerprint density at radius 1 is 1.53 bits per heavy atom. The molecule has 3 N–H and O–H groups in total. The van der Waals surface area contributed by atoms with Crippen molar-refractivity contribution in [1.29, 1.82) is 0 Å². The highest BCUT2D eigenvalue weighted by Gasteiger charge is 2.36. The number of hydrogen-bond acceptors (Lipinski definition) is 5. The van der Waals surface area contributed by atoms with Gasteiger partial charge in [-0.2, -0.15) is 4.31 Å². The molecule has 0 spiro atoms. The van der Waals surface area contributed by atoms with Crippen LogP contribution in [-0.2, 0) is 10.0 Å². The van der Waals surface area contributed by atoms with Crippen molar-refractivity contribution in [2.45, 2.75) is 37.6 Å². The van der Waals surface area contributed by atoms with Crippen molar-refractivity contribution >= 4 is 15.8 Å². The predicted molar refractivity (Wildman–Crippen MR) is 73.8 cm³/mol. The number of hydrazine groups is 1. The van der Waals surface area contributed by atoms with Gasteiger partial charge >= 0.3 is 0 Å². The molecule has 0 radical (unpaired) electrons. The van der Waals surface area contributed by atoms with Crippen LogP contribution >= 0.6 is 0 Å². The Kier molecular flexibility index (Phi) is 4.07. The van der Waals surface area contributed by atoms with E-state index in [1.54, 1.807) is 4.31 Å². The number of nitrogens with two attached hydrogens (primary N) is 1. The van der Waals surface area contributed by atoms with Crippen LogP contribution in [0.4, 0.5) is 5.82 Å². The van der Waals surface area contributed by atoms with Crippen molar-refractivity contribution in [3.05, 3.63) is 18.3 Å². The highest BCUT2D eigenvalue weighted by atomic mass is 32.2. The van der Waals surface area contributed by atoms with Crippen LogP contribution in [0.15, 0.2) is 23.2 Å². The number of pyridine rings is 1. The molecule has 1 aromatic rings. The molecule has 19 heavy (non-hydrogen) atoms. The van der Waals surface area contributed by atoms with Gasteiger partial charge in [-0.1, -0.05) is 13.8 Å². The van der Waals surface area contributed by atoms with Gasteiger partial charge in [0.1, 0.15) is 5.82 Å². The standard InChI is InChI=1S/C12H20N4O2S/c1-9(2)11-4-3-7-16(11)19(17,18)10-5-6-14-12(8-10)15-13/h5-6,8-9,11H,3-4,7,13H2,1-2H3,(H,14,15). The normalized spacial score (nSPS) is 20.9. The van der Waals surface area contributed by atoms with Crippen molar-refractivity contribution in [2.75, 3.05) is 12.0 Å². The molecular weight excluding hydrogens is 264 g/mol. The summed E-state index contributed by atoms with van der Waals surface area (Å²) in [5, 5.41) is 0. The van der Waals surface area contributed by atoms with E-state index in [0.717, 1.165) is 12.8 Å². The lowest BCUT2D eigenvalue weighted by Crippen LogP contribution is -2.38. The fourth-order valence-corrected chi connectivity index (χ4v) is 4.36. The molecule has 6 nitrogen and oxygen atoms in total. The molecule has 1 atom stereocenters. The molecule has 0 aromatic carbocycles. The van der Waals surface area contributed by atoms with Gasteiger partial charge in [-0.15, -0.1) is 0 Å². The van der Waals surface area contributed by atoms with Crippen LogP contribution in [0, 0.1) is 5.92 Å². The summed E-state index contributed by atoms with van der Waals surface area (Å²) in [4.78, 5) is 4.17. The first-order valence-corrected chi connectivity index (χ1v) is 7.85. The summed E-state index contributed by atoms with van der Waals surface area (Å²) in [6, 6.07) is 3.05. The average Bonchev–Trinajstić information content (AvgIpc) is 2.89. The first-order chi connectivity index (χ1) is 8.96. The third kappa shape index (κ3) is 2.72. The molecule has 1 aliphatic heterocycles. The number of sulfonamides is 1. The number of anilines is 1. The van der Waals surface area contributed by atoms with Gasteiger partial charge in [0, 0.05) is 24.8 Å². The summed E-state index contributed by atoms with van der Waals surface area (Å²) in [5.74, 6) is 5.93. The number of nitrogens with one attached hydrogen (secondary N) is 1. The minimum absolute atomic E-state index is 0.0763. The molecule has 7 heteroatoms. The van der Waals surface area contributed by atoms with Crippen molar-refractivity contribution in [2.24, 2.45) is 11.8 Å². The van der Waals surface area contributed by atoms with Crippen LogP contribution in [0.3, 0.4) is 0 Å². The SMILES string of the molecule is CC(C)C1CCCN1S(=O)(=O)c1ccnc(NN)c1. The molecular formula is C12H20N4O2S. The monoisotopic (exact) mass is 284 g/mol. The van der Waals surface area contributed by atoms with E-state index in [1.165, 1.54) is 18.3 Å². The molecule has 1 fully saturated rings. The Morgan fingerprint density at radius 3 is 2.89 bits per heavy atom. The summed E-state index contributed by atoms with van der Waals surface area (Å²) in [7, 11) is -3.47. The number of nitrogen functional groups attached to an aromatic ring is 1. The van der Waals surface area contributed by atoms with Gasteiger partial charge in [0.05, 0.1) is 4.90 Å². The second-order valence-electron chi connectivity index (χ2n) is 5.09. The maximum atomic E-state index is 12.6. The van der Waals surface area contributed by atoms with Gasteiger partial charge in [-0.05, 0) is 24.8 Å². The average molecular weight is 284 g/mol. The maximum Gasteiger partial charge on any atom is 0.243 e. The lowest BCUT2D eigenvalue weighted by atomic mass is 10.0. The van der Waals surface area contributed by atoms with E-state index in [2.05, 4.69) is 24.3 Å². The summed E-state index contributed by atoms with van der Waals surface area (Å²) in [6.45, 7) is 4.69. The lowest BCUT2D eigenvalue weighted by Gasteiger charge is -2.26. The maximum absolute atomic E-state index is 12.6. The second-order valence-corrected chi connectivity index (χ2v) is 6.98. The Bertz CT molecular complexity index is 544. The Morgan fingerprint density at radius 2 is 2.26 bits per heavy atom. The third-order valence-electron chi connectivity index (χ3n) is 3.50. The van der Waals surface area contributed by atoms with Crippen LogP contribution in [0.1, 0.15) is 26.7 Å². The van der Waals surface area contributed by atoms with Crippen molar-refractivity contribution < 1.29 is 8.42 Å². The summed E-state index contributed by atoms with van der Waals surface area (Å²) >= 11 is 0. The van der Waals surface area contributed by atoms with Crippen LogP contribution in [0.25, 0.3) is 0 Å². The van der Waals surface area contributed by atoms with Crippen LogP contribution in [0.5, 0.6) is 0 Å². The molecule has 106 valence electrons. The zero-order valence-electron chi connectivity index (χ0n) is 11.2. The zero-order chi connectivity index (χ0) is 14.0. The lowest BCUT2D eigenvalue weighted by molar-refractivity contribution is 0.316. The molecule has 0 aliphatic carbocycles. The zero-order valence-corrected chi connectivity index (χ0v) is 12.0. The fourth-order valence-electron chi connectivity index (χ4n) is 2.52. The Labute approximate surface area is 114 Å². The highest BCUT2D eigenvalue weighted by molar-refractivity contribution is 7.89. The second kappa shape index (κ2) is 5.44. The topological polar surface area (TPSA) is 88.3 Å². The van der Waals surface area contributed by atoms with E-state index in [9.17, 15) is 8.42 Å². The first-order valence-electron chi connectivity index (χ1n) is 6.41. The van der Waals surface area contributed by atoms with Gasteiger partial charge in [0.2, 0.25) is 10.0 Å². The van der Waals surface area contributed by atoms with Gasteiger partial charge in [0.25, 0.3) is 0 Å². The molecule has 0 bridgehead atoms. The third-order valence-corrected chi connectivity index (χ3v) is 5.42. The molecule has 1 aliphatic rings. The predicted octanol–water partition coefficient (Wildman–Crippen LogP) is 1.18. The van der Waals surface area contributed by atoms with Crippen molar-refractivity contribution in [3.8, 4) is 0 Å². The van der Waals surface area contributed by atoms with E-state index in [0.29, 0.717) is 18.3 Å². The number of hydrogen-bond donors (Lipinski definition) is 2. The molecule has 0 saturated carbocycles. The van der Waals surface area contributed by atoms with Crippen LogP contribution in [-0.4, -0.2) is 30.3 Å². The molecule has 2 rings (SSSR count). The van der Waals surface area contributed by atoms with Gasteiger partial charge < -0.3 is 5.43 Å². The fraction of sp³-hybridized carbons (Fsp3) is 0.583. The van der Waals surface area contributed by atoms with E-state index < -0.39 is 10.0 Å². The Balaban J connectivity index is 2.36. The minimum Gasteiger partial charge on any atom is -0.308 e. The summed E-state index contributed by atoms with van der Waals surface area (Å²) in [5.41, 5.74) is 2.37. The van der Waals surface area contributed by atoms with Gasteiger partial charge in [-0.3, -0.25) is 0 Å². The highest BCUT2D eigenvalue weighted by Crippen LogP contribution is 2.30. The number of aromatic nitrogens is 1. The van der Waals surface area contributed by atoms with Crippen LogP contribution < -0.4 is 11.3 Å². The Hall–Kier alpha value is -1.18. The van der Waals surface area contributed by atoms with Crippen molar-refractivity contribution in [3.63, 3.8) is 0 Å². The van der Waals surface area contributed by atoms with E-state index in [4.69, 9.17) is 5.84 Å². The van der Waals surface area contributed by atoms with E-state index >= 15 is 0 Å². The van der Waals surface area contributed by atoms with Crippen LogP contribution in [0.2, 0.25) is 0 Å². The molecule has 1 saturated heterocycles. The number of rotatable bonds is 4. The quantitative estimate of drug-likeness (QED) is 0.640. The molecule has 0 amide bonds. The molecule has 1 aromatic heterocycles. The summed E-state index contributed by atoms with van der Waals surface area (Å²) in [6.07, 6.45) is 3.28. The molecule has 2 heterocycles. The largest absolute Gasteiger partial charge is 0.308 e. The smallest absolute Gasteiger partial charge is 0.243 e. The molecule has 1 unspecified atom stereocenters. The van der Waals surface area contributed by atoms with E-state index in [1.807, 2.05) is 0 Å². The number of nitrogens with zero attached hydrogens (tertiary/aromatic N) is 2. The van der Waals surface area contributed by atoms with Gasteiger partial charge in [0.15, 0.2) is 0 Å².